The van der Waals surface area contributed by atoms with Gasteiger partial charge in [-0.05, 0) is 37.1 Å². The fourth-order valence-corrected chi connectivity index (χ4v) is 4.76. The Bertz CT molecular complexity index is 1020. The van der Waals surface area contributed by atoms with Crippen LogP contribution in [0.3, 0.4) is 0 Å². The van der Waals surface area contributed by atoms with Crippen molar-refractivity contribution in [3.05, 3.63) is 60.1 Å². The molecule has 4 amide bonds. The van der Waals surface area contributed by atoms with Crippen molar-refractivity contribution in [2.45, 2.75) is 37.0 Å². The Labute approximate surface area is 178 Å². The molecule has 1 aromatic carbocycles. The second-order valence-corrected chi connectivity index (χ2v) is 8.10. The lowest BCUT2D eigenvalue weighted by atomic mass is 10.1. The van der Waals surface area contributed by atoms with Crippen LogP contribution in [0.2, 0.25) is 0 Å². The summed E-state index contributed by atoms with van der Waals surface area (Å²) in [6, 6.07) is 9.75. The number of hydrogen-bond acceptors (Lipinski definition) is 5. The predicted octanol–water partition coefficient (Wildman–Crippen LogP) is 0.392. The van der Waals surface area contributed by atoms with Gasteiger partial charge in [-0.25, -0.2) is 0 Å². The molecule has 3 saturated heterocycles. The molecule has 9 nitrogen and oxygen atoms in total. The van der Waals surface area contributed by atoms with Gasteiger partial charge in [-0.3, -0.25) is 19.2 Å². The van der Waals surface area contributed by atoms with Crippen molar-refractivity contribution in [1.29, 1.82) is 0 Å². The van der Waals surface area contributed by atoms with E-state index in [1.807, 2.05) is 6.07 Å². The zero-order valence-electron chi connectivity index (χ0n) is 16.7. The number of rotatable bonds is 3. The first kappa shape index (κ1) is 19.3. The molecule has 4 heterocycles. The van der Waals surface area contributed by atoms with Gasteiger partial charge in [0, 0.05) is 24.7 Å². The number of likely N-dealkylation sites (tertiary alicyclic amines) is 1. The first-order chi connectivity index (χ1) is 15.0. The van der Waals surface area contributed by atoms with Gasteiger partial charge in [-0.1, -0.05) is 18.2 Å². The first-order valence-electron chi connectivity index (χ1n) is 10.3. The van der Waals surface area contributed by atoms with Gasteiger partial charge < -0.3 is 24.9 Å². The number of nitrogens with one attached hydrogen (secondary N) is 2. The summed E-state index contributed by atoms with van der Waals surface area (Å²) in [5, 5.41) is 5.86. The number of carbonyl (C=O) groups is 4. The Kier molecular flexibility index (Phi) is 4.72. The second-order valence-electron chi connectivity index (χ2n) is 8.10. The zero-order valence-corrected chi connectivity index (χ0v) is 16.7. The van der Waals surface area contributed by atoms with Crippen molar-refractivity contribution >= 4 is 23.6 Å². The number of furan rings is 1. The number of amides is 4. The highest BCUT2D eigenvalue weighted by Crippen LogP contribution is 2.30. The molecule has 1 aromatic heterocycles. The summed E-state index contributed by atoms with van der Waals surface area (Å²) in [4.78, 5) is 54.6. The van der Waals surface area contributed by atoms with E-state index >= 15 is 0 Å². The molecule has 160 valence electrons. The molecule has 0 saturated carbocycles. The summed E-state index contributed by atoms with van der Waals surface area (Å²) in [6.45, 7) is 0.578. The van der Waals surface area contributed by atoms with Gasteiger partial charge >= 0.3 is 0 Å². The van der Waals surface area contributed by atoms with Crippen molar-refractivity contribution in [3.8, 4) is 0 Å². The third-order valence-corrected chi connectivity index (χ3v) is 6.23. The molecule has 2 aromatic rings. The Morgan fingerprint density at radius 2 is 1.90 bits per heavy atom. The van der Waals surface area contributed by atoms with E-state index in [2.05, 4.69) is 10.6 Å². The van der Waals surface area contributed by atoms with Crippen LogP contribution in [0.4, 0.5) is 0 Å². The van der Waals surface area contributed by atoms with Crippen molar-refractivity contribution in [2.75, 3.05) is 13.1 Å². The van der Waals surface area contributed by atoms with Crippen LogP contribution in [0.25, 0.3) is 0 Å². The van der Waals surface area contributed by atoms with E-state index in [9.17, 15) is 19.2 Å². The lowest BCUT2D eigenvalue weighted by molar-refractivity contribution is -0.138. The Hall–Kier alpha value is -3.62. The fraction of sp³-hybridized carbons (Fsp3) is 0.364. The van der Waals surface area contributed by atoms with Gasteiger partial charge in [0.1, 0.15) is 12.1 Å². The van der Waals surface area contributed by atoms with Crippen LogP contribution < -0.4 is 10.6 Å². The molecule has 3 fully saturated rings. The fourth-order valence-electron chi connectivity index (χ4n) is 4.76. The van der Waals surface area contributed by atoms with Crippen LogP contribution in [0, 0.1) is 0 Å². The van der Waals surface area contributed by atoms with Gasteiger partial charge in [0.2, 0.25) is 11.8 Å². The maximum atomic E-state index is 13.4. The van der Waals surface area contributed by atoms with E-state index in [1.54, 1.807) is 36.4 Å². The molecule has 0 aliphatic carbocycles. The van der Waals surface area contributed by atoms with E-state index < -0.39 is 18.1 Å². The largest absolute Gasteiger partial charge is 0.459 e. The van der Waals surface area contributed by atoms with Crippen LogP contribution in [0.1, 0.15) is 33.8 Å². The summed E-state index contributed by atoms with van der Waals surface area (Å²) >= 11 is 0. The summed E-state index contributed by atoms with van der Waals surface area (Å²) in [6.07, 6.45) is 2.25. The predicted molar refractivity (Wildman–Crippen MR) is 108 cm³/mol. The van der Waals surface area contributed by atoms with Crippen LogP contribution in [0.5, 0.6) is 0 Å². The average molecular weight is 422 g/mol. The monoisotopic (exact) mass is 422 g/mol. The number of benzene rings is 1. The smallest absolute Gasteiger partial charge is 0.290 e. The average Bonchev–Trinajstić information content (AvgIpc) is 3.52. The molecule has 5 rings (SSSR count). The first-order valence-corrected chi connectivity index (χ1v) is 10.3. The maximum Gasteiger partial charge on any atom is 0.290 e. The van der Waals surface area contributed by atoms with Crippen LogP contribution in [-0.2, 0) is 9.59 Å². The highest BCUT2D eigenvalue weighted by molar-refractivity contribution is 6.00. The zero-order chi connectivity index (χ0) is 21.5. The minimum atomic E-state index is -0.782. The molecule has 3 aliphatic rings. The molecule has 0 radical (unpaired) electrons. The van der Waals surface area contributed by atoms with Crippen LogP contribution in [-0.4, -0.2) is 70.7 Å². The third kappa shape index (κ3) is 3.35. The van der Waals surface area contributed by atoms with Gasteiger partial charge in [0.25, 0.3) is 11.8 Å². The van der Waals surface area contributed by atoms with Gasteiger partial charge in [0.05, 0.1) is 12.3 Å². The standard InChI is InChI=1S/C22H22N4O5/c27-19(13-5-2-1-3-6-13)23-14-11-16-20(28)24-15-8-9-25(18(15)22(30)26(16)12-14)21(29)17-7-4-10-31-17/h1-7,10,14-16,18H,8-9,11-12H2,(H,23,27)(H,24,28). The Morgan fingerprint density at radius 1 is 1.10 bits per heavy atom. The molecule has 9 heteroatoms. The number of hydrogen-bond donors (Lipinski definition) is 2. The quantitative estimate of drug-likeness (QED) is 0.743. The van der Waals surface area contributed by atoms with Gasteiger partial charge in [-0.2, -0.15) is 0 Å². The number of fused-ring (bicyclic) bond motifs is 2. The Morgan fingerprint density at radius 3 is 2.65 bits per heavy atom. The highest BCUT2D eigenvalue weighted by atomic mass is 16.3. The van der Waals surface area contributed by atoms with Crippen molar-refractivity contribution in [3.63, 3.8) is 0 Å². The maximum absolute atomic E-state index is 13.4. The molecule has 31 heavy (non-hydrogen) atoms. The van der Waals surface area contributed by atoms with Crippen molar-refractivity contribution in [2.24, 2.45) is 0 Å². The normalized spacial score (nSPS) is 27.4. The van der Waals surface area contributed by atoms with E-state index in [0.29, 0.717) is 24.9 Å². The second kappa shape index (κ2) is 7.57. The minimum Gasteiger partial charge on any atom is -0.459 e. The molecular formula is C22H22N4O5. The number of carbonyl (C=O) groups excluding carboxylic acids is 4. The molecule has 0 spiro atoms. The third-order valence-electron chi connectivity index (χ3n) is 6.23. The van der Waals surface area contributed by atoms with E-state index in [0.717, 1.165) is 0 Å². The lowest BCUT2D eigenvalue weighted by Gasteiger charge is -2.28. The van der Waals surface area contributed by atoms with E-state index in [-0.39, 0.29) is 42.0 Å². The van der Waals surface area contributed by atoms with Gasteiger partial charge in [-0.15, -0.1) is 0 Å². The van der Waals surface area contributed by atoms with Crippen LogP contribution in [0.15, 0.2) is 53.1 Å². The van der Waals surface area contributed by atoms with Gasteiger partial charge in [0.15, 0.2) is 5.76 Å². The summed E-state index contributed by atoms with van der Waals surface area (Å²) in [5.41, 5.74) is 0.520. The van der Waals surface area contributed by atoms with Crippen molar-refractivity contribution < 1.29 is 23.6 Å². The lowest BCUT2D eigenvalue weighted by Crippen LogP contribution is -2.52. The summed E-state index contributed by atoms with van der Waals surface area (Å²) < 4.78 is 5.21. The Balaban J connectivity index is 1.34. The molecule has 3 aliphatic heterocycles. The highest BCUT2D eigenvalue weighted by Gasteiger charge is 2.52. The minimum absolute atomic E-state index is 0.162. The van der Waals surface area contributed by atoms with Crippen molar-refractivity contribution in [1.82, 2.24) is 20.4 Å². The summed E-state index contributed by atoms with van der Waals surface area (Å²) in [5.74, 6) is -0.974. The van der Waals surface area contributed by atoms with E-state index in [4.69, 9.17) is 4.42 Å². The number of nitrogens with zero attached hydrogens (tertiary/aromatic N) is 2. The molecule has 0 bridgehead atoms. The SMILES string of the molecule is O=C(NC1CC2C(=O)NC3CCN(C(=O)c4ccco4)C3C(=O)N2C1)c1ccccc1. The molecular weight excluding hydrogens is 400 g/mol. The molecule has 4 atom stereocenters. The molecule has 4 unspecified atom stereocenters. The summed E-state index contributed by atoms with van der Waals surface area (Å²) in [7, 11) is 0. The molecule has 2 N–H and O–H groups in total. The van der Waals surface area contributed by atoms with Crippen LogP contribution >= 0.6 is 0 Å². The topological polar surface area (TPSA) is 112 Å². The van der Waals surface area contributed by atoms with E-state index in [1.165, 1.54) is 16.1 Å².